The van der Waals surface area contributed by atoms with Gasteiger partial charge in [-0.3, -0.25) is 9.59 Å². The Morgan fingerprint density at radius 2 is 1.78 bits per heavy atom. The van der Waals surface area contributed by atoms with Crippen molar-refractivity contribution >= 4 is 11.8 Å². The number of carbonyl (C=O) groups excluding carboxylic acids is 2. The minimum absolute atomic E-state index is 0.00218. The minimum Gasteiger partial charge on any atom is -0.356 e. The van der Waals surface area contributed by atoms with E-state index in [1.54, 1.807) is 0 Å². The summed E-state index contributed by atoms with van der Waals surface area (Å²) >= 11 is 0. The molecule has 0 saturated heterocycles. The molecule has 1 unspecified atom stereocenters. The van der Waals surface area contributed by atoms with E-state index in [4.69, 9.17) is 0 Å². The van der Waals surface area contributed by atoms with Gasteiger partial charge >= 0.3 is 0 Å². The molecule has 4 nitrogen and oxygen atoms in total. The summed E-state index contributed by atoms with van der Waals surface area (Å²) in [6, 6.07) is 9.29. The lowest BCUT2D eigenvalue weighted by Crippen LogP contribution is -2.39. The molecule has 0 spiro atoms. The van der Waals surface area contributed by atoms with Crippen LogP contribution in [0, 0.1) is 11.8 Å². The van der Waals surface area contributed by atoms with E-state index in [2.05, 4.69) is 10.6 Å². The third kappa shape index (κ3) is 7.27. The van der Waals surface area contributed by atoms with Gasteiger partial charge in [0.25, 0.3) is 0 Å². The summed E-state index contributed by atoms with van der Waals surface area (Å²) in [7, 11) is 0. The normalized spacial score (nSPS) is 18.1. The van der Waals surface area contributed by atoms with Gasteiger partial charge in [0, 0.05) is 31.7 Å². The van der Waals surface area contributed by atoms with E-state index < -0.39 is 5.92 Å². The Morgan fingerprint density at radius 1 is 1.15 bits per heavy atom. The number of halogens is 2. The zero-order chi connectivity index (χ0) is 19.9. The Hall–Kier alpha value is -1.98. The molecule has 2 rings (SSSR count). The molecule has 0 aromatic heterocycles. The molecule has 2 amide bonds. The van der Waals surface area contributed by atoms with E-state index in [0.717, 1.165) is 5.56 Å². The number of benzene rings is 1. The smallest absolute Gasteiger partial charge is 0.248 e. The highest BCUT2D eigenvalue weighted by molar-refractivity contribution is 5.79. The van der Waals surface area contributed by atoms with E-state index in [1.165, 1.54) is 0 Å². The number of rotatable bonds is 8. The highest BCUT2D eigenvalue weighted by Gasteiger charge is 2.37. The van der Waals surface area contributed by atoms with E-state index >= 15 is 0 Å². The lowest BCUT2D eigenvalue weighted by molar-refractivity contribution is -0.130. The van der Waals surface area contributed by atoms with Gasteiger partial charge in [0.1, 0.15) is 0 Å². The molecule has 1 fully saturated rings. The summed E-state index contributed by atoms with van der Waals surface area (Å²) in [5.74, 6) is -2.90. The van der Waals surface area contributed by atoms with Gasteiger partial charge < -0.3 is 10.6 Å². The second kappa shape index (κ2) is 9.81. The van der Waals surface area contributed by atoms with Crippen LogP contribution in [-0.4, -0.2) is 24.3 Å². The van der Waals surface area contributed by atoms with Crippen LogP contribution < -0.4 is 10.6 Å². The van der Waals surface area contributed by atoms with Crippen molar-refractivity contribution in [3.63, 3.8) is 0 Å². The molecule has 1 aliphatic carbocycles. The zero-order valence-corrected chi connectivity index (χ0v) is 16.1. The first-order valence-electron chi connectivity index (χ1n) is 9.76. The van der Waals surface area contributed by atoms with Crippen LogP contribution in [0.3, 0.4) is 0 Å². The number of carbonyl (C=O) groups is 2. The topological polar surface area (TPSA) is 58.2 Å². The molecular weight excluding hydrogens is 350 g/mol. The Kier molecular flexibility index (Phi) is 7.75. The third-order valence-electron chi connectivity index (χ3n) is 4.96. The molecule has 0 aliphatic heterocycles. The molecule has 1 aromatic carbocycles. The highest BCUT2D eigenvalue weighted by atomic mass is 19.3. The SMILES string of the molecule is CC(C)CC(=O)NCCC(NC(=O)C1CCC(F)(F)CC1)c1ccccc1. The van der Waals surface area contributed by atoms with Crippen LogP contribution in [0.2, 0.25) is 0 Å². The van der Waals surface area contributed by atoms with Gasteiger partial charge in [0.05, 0.1) is 6.04 Å². The number of hydrogen-bond acceptors (Lipinski definition) is 2. The van der Waals surface area contributed by atoms with Crippen LogP contribution in [0.25, 0.3) is 0 Å². The van der Waals surface area contributed by atoms with Gasteiger partial charge in [-0.05, 0) is 30.7 Å². The molecule has 0 heterocycles. The van der Waals surface area contributed by atoms with Crippen molar-refractivity contribution in [1.29, 1.82) is 0 Å². The first-order valence-corrected chi connectivity index (χ1v) is 9.76. The maximum absolute atomic E-state index is 13.3. The van der Waals surface area contributed by atoms with Crippen LogP contribution >= 0.6 is 0 Å². The lowest BCUT2D eigenvalue weighted by atomic mass is 9.86. The zero-order valence-electron chi connectivity index (χ0n) is 16.1. The molecule has 2 N–H and O–H groups in total. The summed E-state index contributed by atoms with van der Waals surface area (Å²) in [6.45, 7) is 4.43. The predicted molar refractivity (Wildman–Crippen MR) is 101 cm³/mol. The molecule has 27 heavy (non-hydrogen) atoms. The maximum atomic E-state index is 13.3. The summed E-state index contributed by atoms with van der Waals surface area (Å²) < 4.78 is 26.7. The van der Waals surface area contributed by atoms with E-state index in [9.17, 15) is 18.4 Å². The van der Waals surface area contributed by atoms with Crippen molar-refractivity contribution < 1.29 is 18.4 Å². The van der Waals surface area contributed by atoms with Gasteiger partial charge in [-0.1, -0.05) is 44.2 Å². The van der Waals surface area contributed by atoms with Crippen molar-refractivity contribution in [2.45, 2.75) is 64.3 Å². The molecular formula is C21H30F2N2O2. The first-order chi connectivity index (χ1) is 12.8. The molecule has 150 valence electrons. The number of nitrogens with one attached hydrogen (secondary N) is 2. The summed E-state index contributed by atoms with van der Waals surface area (Å²) in [6.07, 6.45) is 0.997. The van der Waals surface area contributed by atoms with Gasteiger partial charge in [-0.25, -0.2) is 8.78 Å². The number of alkyl halides is 2. The van der Waals surface area contributed by atoms with Crippen LogP contribution in [0.5, 0.6) is 0 Å². The van der Waals surface area contributed by atoms with Crippen LogP contribution in [0.1, 0.15) is 64.0 Å². The monoisotopic (exact) mass is 380 g/mol. The molecule has 1 saturated carbocycles. The van der Waals surface area contributed by atoms with Gasteiger partial charge in [-0.15, -0.1) is 0 Å². The van der Waals surface area contributed by atoms with Gasteiger partial charge in [-0.2, -0.15) is 0 Å². The molecule has 0 radical (unpaired) electrons. The Morgan fingerprint density at radius 3 is 2.37 bits per heavy atom. The van der Waals surface area contributed by atoms with E-state index in [1.807, 2.05) is 44.2 Å². The van der Waals surface area contributed by atoms with E-state index in [-0.39, 0.29) is 49.5 Å². The van der Waals surface area contributed by atoms with Gasteiger partial charge in [0.2, 0.25) is 17.7 Å². The number of hydrogen-bond donors (Lipinski definition) is 2. The second-order valence-corrected chi connectivity index (χ2v) is 7.84. The average molecular weight is 380 g/mol. The largest absolute Gasteiger partial charge is 0.356 e. The first kappa shape index (κ1) is 21.3. The predicted octanol–water partition coefficient (Wildman–Crippen LogP) is 4.22. The lowest BCUT2D eigenvalue weighted by Gasteiger charge is -2.29. The van der Waals surface area contributed by atoms with Crippen molar-refractivity contribution in [3.05, 3.63) is 35.9 Å². The van der Waals surface area contributed by atoms with Crippen LogP contribution in [-0.2, 0) is 9.59 Å². The van der Waals surface area contributed by atoms with Crippen molar-refractivity contribution in [3.8, 4) is 0 Å². The Labute approximate surface area is 160 Å². The quantitative estimate of drug-likeness (QED) is 0.709. The summed E-state index contributed by atoms with van der Waals surface area (Å²) in [5.41, 5.74) is 0.949. The van der Waals surface area contributed by atoms with Crippen LogP contribution in [0.15, 0.2) is 30.3 Å². The van der Waals surface area contributed by atoms with Crippen LogP contribution in [0.4, 0.5) is 8.78 Å². The highest BCUT2D eigenvalue weighted by Crippen LogP contribution is 2.36. The Balaban J connectivity index is 1.93. The molecule has 0 bridgehead atoms. The van der Waals surface area contributed by atoms with Gasteiger partial charge in [0.15, 0.2) is 0 Å². The fourth-order valence-electron chi connectivity index (χ4n) is 3.40. The molecule has 1 aromatic rings. The average Bonchev–Trinajstić information content (AvgIpc) is 2.60. The molecule has 1 atom stereocenters. The standard InChI is InChI=1S/C21H30F2N2O2/c1-15(2)14-19(26)24-13-10-18(16-6-4-3-5-7-16)25-20(27)17-8-11-21(22,23)12-9-17/h3-7,15,17-18H,8-14H2,1-2H3,(H,24,26)(H,25,27). The Bertz CT molecular complexity index is 610. The second-order valence-electron chi connectivity index (χ2n) is 7.84. The molecule has 6 heteroatoms. The third-order valence-corrected chi connectivity index (χ3v) is 4.96. The molecule has 1 aliphatic rings. The van der Waals surface area contributed by atoms with Crippen molar-refractivity contribution in [2.24, 2.45) is 11.8 Å². The summed E-state index contributed by atoms with van der Waals surface area (Å²) in [4.78, 5) is 24.4. The fourth-order valence-corrected chi connectivity index (χ4v) is 3.40. The van der Waals surface area contributed by atoms with Crippen molar-refractivity contribution in [1.82, 2.24) is 10.6 Å². The fraction of sp³-hybridized carbons (Fsp3) is 0.619. The maximum Gasteiger partial charge on any atom is 0.248 e. The minimum atomic E-state index is -2.64. The van der Waals surface area contributed by atoms with E-state index in [0.29, 0.717) is 25.3 Å². The number of amides is 2. The summed E-state index contributed by atoms with van der Waals surface area (Å²) in [5, 5.41) is 5.90. The van der Waals surface area contributed by atoms with Crippen molar-refractivity contribution in [2.75, 3.05) is 6.54 Å².